The molecule has 0 aromatic rings. The SMILES string of the molecule is CC(=O)NC(C(=O)Cl)C(C)(C)C. The minimum atomic E-state index is -0.614. The van der Waals surface area contributed by atoms with E-state index in [4.69, 9.17) is 11.6 Å². The van der Waals surface area contributed by atoms with Crippen molar-refractivity contribution in [3.05, 3.63) is 0 Å². The summed E-state index contributed by atoms with van der Waals surface area (Å²) in [6, 6.07) is -0.614. The van der Waals surface area contributed by atoms with Crippen LogP contribution in [0.2, 0.25) is 0 Å². The lowest BCUT2D eigenvalue weighted by atomic mass is 9.87. The molecule has 1 N–H and O–H groups in total. The van der Waals surface area contributed by atoms with Crippen LogP contribution in [0.5, 0.6) is 0 Å². The zero-order chi connectivity index (χ0) is 9.94. The highest BCUT2D eigenvalue weighted by Gasteiger charge is 2.30. The van der Waals surface area contributed by atoms with E-state index in [0.29, 0.717) is 0 Å². The van der Waals surface area contributed by atoms with Gasteiger partial charge in [-0.25, -0.2) is 0 Å². The highest BCUT2D eigenvalue weighted by atomic mass is 35.5. The molecule has 12 heavy (non-hydrogen) atoms. The molecule has 0 saturated carbocycles. The van der Waals surface area contributed by atoms with E-state index in [2.05, 4.69) is 5.32 Å². The first-order valence-corrected chi connectivity index (χ1v) is 4.09. The van der Waals surface area contributed by atoms with Gasteiger partial charge in [0.25, 0.3) is 0 Å². The van der Waals surface area contributed by atoms with Gasteiger partial charge in [-0.15, -0.1) is 0 Å². The third-order valence-corrected chi connectivity index (χ3v) is 1.66. The third kappa shape index (κ3) is 3.72. The van der Waals surface area contributed by atoms with Crippen LogP contribution in [0.25, 0.3) is 0 Å². The lowest BCUT2D eigenvalue weighted by Crippen LogP contribution is -2.46. The third-order valence-electron chi connectivity index (χ3n) is 1.44. The Labute approximate surface area is 77.5 Å². The minimum absolute atomic E-state index is 0.246. The topological polar surface area (TPSA) is 46.2 Å². The van der Waals surface area contributed by atoms with Crippen LogP contribution in [0.4, 0.5) is 0 Å². The first kappa shape index (κ1) is 11.4. The number of hydrogen-bond acceptors (Lipinski definition) is 2. The molecular formula is C8H14ClNO2. The van der Waals surface area contributed by atoms with Crippen molar-refractivity contribution in [2.45, 2.75) is 33.7 Å². The number of halogens is 1. The number of hydrogen-bond donors (Lipinski definition) is 1. The summed E-state index contributed by atoms with van der Waals surface area (Å²) in [4.78, 5) is 21.6. The molecule has 0 aromatic carbocycles. The predicted molar refractivity (Wildman–Crippen MR) is 47.9 cm³/mol. The highest BCUT2D eigenvalue weighted by molar-refractivity contribution is 6.65. The van der Waals surface area contributed by atoms with Crippen molar-refractivity contribution in [1.82, 2.24) is 5.32 Å². The van der Waals surface area contributed by atoms with E-state index in [9.17, 15) is 9.59 Å². The van der Waals surface area contributed by atoms with E-state index in [1.54, 1.807) is 0 Å². The van der Waals surface area contributed by atoms with Gasteiger partial charge < -0.3 is 5.32 Å². The largest absolute Gasteiger partial charge is 0.345 e. The second-order valence-corrected chi connectivity index (χ2v) is 4.18. The van der Waals surface area contributed by atoms with Gasteiger partial charge >= 0.3 is 0 Å². The van der Waals surface area contributed by atoms with Gasteiger partial charge in [-0.3, -0.25) is 9.59 Å². The molecule has 0 heterocycles. The molecule has 0 spiro atoms. The van der Waals surface area contributed by atoms with E-state index in [1.165, 1.54) is 6.92 Å². The number of amides is 1. The second kappa shape index (κ2) is 3.90. The summed E-state index contributed by atoms with van der Waals surface area (Å²) in [5.41, 5.74) is -0.343. The lowest BCUT2D eigenvalue weighted by Gasteiger charge is -2.27. The number of carbonyl (C=O) groups excluding carboxylic acids is 2. The van der Waals surface area contributed by atoms with Crippen molar-refractivity contribution in [3.8, 4) is 0 Å². The van der Waals surface area contributed by atoms with Crippen LogP contribution < -0.4 is 5.32 Å². The van der Waals surface area contributed by atoms with Gasteiger partial charge in [0.2, 0.25) is 11.1 Å². The Morgan fingerprint density at radius 1 is 1.33 bits per heavy atom. The van der Waals surface area contributed by atoms with Gasteiger partial charge in [-0.1, -0.05) is 20.8 Å². The van der Waals surface area contributed by atoms with Crippen LogP contribution in [0.1, 0.15) is 27.7 Å². The summed E-state index contributed by atoms with van der Waals surface area (Å²) in [5, 5.41) is 1.97. The van der Waals surface area contributed by atoms with Crippen LogP contribution in [0, 0.1) is 5.41 Å². The first-order chi connectivity index (χ1) is 5.25. The molecular weight excluding hydrogens is 178 g/mol. The average Bonchev–Trinajstić information content (AvgIpc) is 1.79. The minimum Gasteiger partial charge on any atom is -0.345 e. The summed E-state index contributed by atoms with van der Waals surface area (Å²) in [6.07, 6.45) is 0. The van der Waals surface area contributed by atoms with Gasteiger partial charge in [0.15, 0.2) is 0 Å². The fourth-order valence-electron chi connectivity index (χ4n) is 0.817. The molecule has 1 atom stereocenters. The first-order valence-electron chi connectivity index (χ1n) is 3.71. The Bertz CT molecular complexity index is 196. The van der Waals surface area contributed by atoms with Crippen molar-refractivity contribution < 1.29 is 9.59 Å². The van der Waals surface area contributed by atoms with Crippen molar-refractivity contribution in [3.63, 3.8) is 0 Å². The molecule has 3 nitrogen and oxygen atoms in total. The van der Waals surface area contributed by atoms with Crippen molar-refractivity contribution in [1.29, 1.82) is 0 Å². The number of nitrogens with one attached hydrogen (secondary N) is 1. The molecule has 0 aliphatic carbocycles. The fraction of sp³-hybridized carbons (Fsp3) is 0.750. The molecule has 70 valence electrons. The molecule has 0 bridgehead atoms. The zero-order valence-corrected chi connectivity index (χ0v) is 8.53. The summed E-state index contributed by atoms with van der Waals surface area (Å²) >= 11 is 5.32. The van der Waals surface area contributed by atoms with Gasteiger partial charge in [0.1, 0.15) is 6.04 Å². The molecule has 0 saturated heterocycles. The Balaban J connectivity index is 4.46. The molecule has 0 radical (unpaired) electrons. The summed E-state index contributed by atoms with van der Waals surface area (Å²) in [7, 11) is 0. The Morgan fingerprint density at radius 3 is 1.83 bits per heavy atom. The van der Waals surface area contributed by atoms with Crippen LogP contribution >= 0.6 is 11.6 Å². The smallest absolute Gasteiger partial charge is 0.244 e. The normalized spacial score (nSPS) is 13.8. The van der Waals surface area contributed by atoms with E-state index in [0.717, 1.165) is 0 Å². The molecule has 1 amide bonds. The summed E-state index contributed by atoms with van der Waals surface area (Å²) in [5.74, 6) is -0.246. The molecule has 0 fully saturated rings. The summed E-state index contributed by atoms with van der Waals surface area (Å²) < 4.78 is 0. The maximum atomic E-state index is 10.9. The average molecular weight is 192 g/mol. The second-order valence-electron chi connectivity index (χ2n) is 3.80. The molecule has 0 aliphatic heterocycles. The van der Waals surface area contributed by atoms with Crippen molar-refractivity contribution >= 4 is 22.8 Å². The molecule has 0 aliphatic rings. The van der Waals surface area contributed by atoms with Crippen LogP contribution in [-0.2, 0) is 9.59 Å². The Morgan fingerprint density at radius 2 is 1.75 bits per heavy atom. The Hall–Kier alpha value is -0.570. The monoisotopic (exact) mass is 191 g/mol. The van der Waals surface area contributed by atoms with Crippen LogP contribution in [-0.4, -0.2) is 17.2 Å². The van der Waals surface area contributed by atoms with E-state index < -0.39 is 11.3 Å². The zero-order valence-electron chi connectivity index (χ0n) is 7.77. The van der Waals surface area contributed by atoms with Gasteiger partial charge in [0.05, 0.1) is 0 Å². The highest BCUT2D eigenvalue weighted by Crippen LogP contribution is 2.20. The van der Waals surface area contributed by atoms with Crippen LogP contribution in [0.15, 0.2) is 0 Å². The maximum absolute atomic E-state index is 10.9. The molecule has 1 unspecified atom stereocenters. The van der Waals surface area contributed by atoms with Gasteiger partial charge in [-0.05, 0) is 17.0 Å². The molecule has 0 rings (SSSR count). The van der Waals surface area contributed by atoms with Crippen molar-refractivity contribution in [2.75, 3.05) is 0 Å². The van der Waals surface area contributed by atoms with E-state index in [-0.39, 0.29) is 11.3 Å². The maximum Gasteiger partial charge on any atom is 0.244 e. The Kier molecular flexibility index (Phi) is 3.71. The molecule has 4 heteroatoms. The van der Waals surface area contributed by atoms with E-state index >= 15 is 0 Å². The predicted octanol–water partition coefficient (Wildman–Crippen LogP) is 1.30. The van der Waals surface area contributed by atoms with Crippen LogP contribution in [0.3, 0.4) is 0 Å². The quantitative estimate of drug-likeness (QED) is 0.669. The molecule has 0 aromatic heterocycles. The standard InChI is InChI=1S/C8H14ClNO2/c1-5(11)10-6(7(9)12)8(2,3)4/h6H,1-4H3,(H,10,11). The summed E-state index contributed by atoms with van der Waals surface area (Å²) in [6.45, 7) is 6.88. The fourth-order valence-corrected chi connectivity index (χ4v) is 1.20. The van der Waals surface area contributed by atoms with Gasteiger partial charge in [-0.2, -0.15) is 0 Å². The number of rotatable bonds is 2. The number of carbonyl (C=O) groups is 2. The van der Waals surface area contributed by atoms with Crippen molar-refractivity contribution in [2.24, 2.45) is 5.41 Å². The van der Waals surface area contributed by atoms with E-state index in [1.807, 2.05) is 20.8 Å². The lowest BCUT2D eigenvalue weighted by molar-refractivity contribution is -0.125. The van der Waals surface area contributed by atoms with Gasteiger partial charge in [0, 0.05) is 6.92 Å².